The molecule has 156 valence electrons. The van der Waals surface area contributed by atoms with E-state index in [2.05, 4.69) is 50.5 Å². The number of hydrogen-bond acceptors (Lipinski definition) is 3. The lowest BCUT2D eigenvalue weighted by atomic mass is 10.1. The molecule has 0 saturated carbocycles. The lowest BCUT2D eigenvalue weighted by Crippen LogP contribution is -2.23. The first-order valence-corrected chi connectivity index (χ1v) is 10.5. The van der Waals surface area contributed by atoms with Gasteiger partial charge in [0.2, 0.25) is 0 Å². The van der Waals surface area contributed by atoms with Crippen molar-refractivity contribution in [1.82, 2.24) is 14.1 Å². The molecule has 0 saturated heterocycles. The lowest BCUT2D eigenvalue weighted by molar-refractivity contribution is 0.137. The van der Waals surface area contributed by atoms with Crippen molar-refractivity contribution in [2.45, 2.75) is 26.1 Å². The predicted molar refractivity (Wildman–Crippen MR) is 124 cm³/mol. The van der Waals surface area contributed by atoms with Gasteiger partial charge < -0.3 is 19.0 Å². The number of hydrogen-bond donors (Lipinski definition) is 1. The van der Waals surface area contributed by atoms with Gasteiger partial charge in [0.25, 0.3) is 0 Å². The fraction of sp³-hybridized carbons (Fsp3) is 0.192. The van der Waals surface area contributed by atoms with Gasteiger partial charge in [-0.25, -0.2) is 4.98 Å². The van der Waals surface area contributed by atoms with Gasteiger partial charge in [0.1, 0.15) is 11.6 Å². The molecular formula is C26H25N3O2. The van der Waals surface area contributed by atoms with Crippen LogP contribution in [0.15, 0.2) is 78.9 Å². The molecule has 0 bridgehead atoms. The van der Waals surface area contributed by atoms with E-state index in [1.165, 1.54) is 0 Å². The molecule has 0 fully saturated rings. The Labute approximate surface area is 181 Å². The van der Waals surface area contributed by atoms with E-state index in [1.54, 1.807) is 7.11 Å². The number of nitrogens with zero attached hydrogens (tertiary/aromatic N) is 3. The zero-order chi connectivity index (χ0) is 21.4. The average molecular weight is 412 g/mol. The summed E-state index contributed by atoms with van der Waals surface area (Å²) in [6.45, 7) is 2.96. The van der Waals surface area contributed by atoms with Crippen molar-refractivity contribution >= 4 is 21.9 Å². The van der Waals surface area contributed by atoms with Crippen LogP contribution in [0.1, 0.15) is 5.82 Å². The summed E-state index contributed by atoms with van der Waals surface area (Å²) in [5.74, 6) is 1.74. The Bertz CT molecular complexity index is 1350. The fourth-order valence-corrected chi connectivity index (χ4v) is 4.31. The first-order chi connectivity index (χ1) is 15.1. The molecule has 5 heteroatoms. The molecule has 1 atom stereocenters. The first kappa shape index (κ1) is 19.4. The number of aliphatic hydroxyl groups is 1. The zero-order valence-electron chi connectivity index (χ0n) is 17.7. The van der Waals surface area contributed by atoms with Crippen LogP contribution in [0.4, 0.5) is 0 Å². The Morgan fingerprint density at radius 3 is 2.32 bits per heavy atom. The Morgan fingerprint density at radius 2 is 1.55 bits per heavy atom. The van der Waals surface area contributed by atoms with Crippen LogP contribution in [0, 0.1) is 6.92 Å². The summed E-state index contributed by atoms with van der Waals surface area (Å²) >= 11 is 0. The highest BCUT2D eigenvalue weighted by Crippen LogP contribution is 2.30. The molecule has 1 N–H and O–H groups in total. The monoisotopic (exact) mass is 411 g/mol. The number of methoxy groups -OCH3 is 1. The number of aromatic nitrogens is 3. The number of fused-ring (bicyclic) bond motifs is 2. The van der Waals surface area contributed by atoms with Crippen molar-refractivity contribution in [2.24, 2.45) is 0 Å². The van der Waals surface area contributed by atoms with Crippen molar-refractivity contribution in [1.29, 1.82) is 0 Å². The summed E-state index contributed by atoms with van der Waals surface area (Å²) in [5, 5.41) is 12.3. The molecule has 2 heterocycles. The van der Waals surface area contributed by atoms with E-state index in [4.69, 9.17) is 4.74 Å². The number of imidazole rings is 1. The van der Waals surface area contributed by atoms with E-state index in [1.807, 2.05) is 49.4 Å². The second kappa shape index (κ2) is 7.93. The molecule has 5 nitrogen and oxygen atoms in total. The van der Waals surface area contributed by atoms with Gasteiger partial charge in [-0.3, -0.25) is 0 Å². The SMILES string of the molecule is COc1ccc(-c2cc3ccccc3n2CC(O)Cn2c(C)nc3ccccc32)cc1. The Hall–Kier alpha value is -3.57. The van der Waals surface area contributed by atoms with Crippen LogP contribution in [-0.4, -0.2) is 32.4 Å². The summed E-state index contributed by atoms with van der Waals surface area (Å²) in [4.78, 5) is 4.63. The normalized spacial score (nSPS) is 12.5. The smallest absolute Gasteiger partial charge is 0.118 e. The molecule has 0 aliphatic carbocycles. The Balaban J connectivity index is 1.51. The molecule has 5 rings (SSSR count). The quantitative estimate of drug-likeness (QED) is 0.426. The number of aliphatic hydroxyl groups excluding tert-OH is 1. The van der Waals surface area contributed by atoms with Crippen molar-refractivity contribution in [3.05, 3.63) is 84.7 Å². The number of benzene rings is 3. The van der Waals surface area contributed by atoms with Gasteiger partial charge in [-0.1, -0.05) is 30.3 Å². The molecule has 3 aromatic carbocycles. The van der Waals surface area contributed by atoms with Crippen LogP contribution in [0.3, 0.4) is 0 Å². The Kier molecular flexibility index (Phi) is 4.96. The fourth-order valence-electron chi connectivity index (χ4n) is 4.31. The summed E-state index contributed by atoms with van der Waals surface area (Å²) in [6, 6.07) is 26.6. The van der Waals surface area contributed by atoms with Crippen LogP contribution in [-0.2, 0) is 13.1 Å². The van der Waals surface area contributed by atoms with Crippen LogP contribution in [0.5, 0.6) is 5.75 Å². The average Bonchev–Trinajstić information content (AvgIpc) is 3.31. The van der Waals surface area contributed by atoms with Crippen LogP contribution < -0.4 is 4.74 Å². The maximum atomic E-state index is 11.1. The zero-order valence-corrected chi connectivity index (χ0v) is 17.7. The van der Waals surface area contributed by atoms with E-state index in [0.717, 1.165) is 44.8 Å². The Morgan fingerprint density at radius 1 is 0.871 bits per heavy atom. The molecule has 0 aliphatic rings. The molecule has 0 amide bonds. The van der Waals surface area contributed by atoms with Gasteiger partial charge in [0.05, 0.1) is 37.3 Å². The van der Waals surface area contributed by atoms with Crippen LogP contribution >= 0.6 is 0 Å². The third kappa shape index (κ3) is 3.57. The van der Waals surface area contributed by atoms with Crippen molar-refractivity contribution in [3.63, 3.8) is 0 Å². The first-order valence-electron chi connectivity index (χ1n) is 10.5. The molecule has 0 aliphatic heterocycles. The molecular weight excluding hydrogens is 386 g/mol. The highest BCUT2D eigenvalue weighted by molar-refractivity contribution is 5.87. The summed E-state index contributed by atoms with van der Waals surface area (Å²) in [6.07, 6.45) is -0.566. The molecule has 5 aromatic rings. The molecule has 0 spiro atoms. The minimum atomic E-state index is -0.566. The summed E-state index contributed by atoms with van der Waals surface area (Å²) in [5.41, 5.74) is 5.28. The largest absolute Gasteiger partial charge is 0.497 e. The minimum absolute atomic E-state index is 0.487. The van der Waals surface area contributed by atoms with Gasteiger partial charge >= 0.3 is 0 Å². The van der Waals surface area contributed by atoms with Gasteiger partial charge in [0.15, 0.2) is 0 Å². The van der Waals surface area contributed by atoms with E-state index >= 15 is 0 Å². The topological polar surface area (TPSA) is 52.2 Å². The number of ether oxygens (including phenoxy) is 1. The predicted octanol–water partition coefficient (Wildman–Crippen LogP) is 5.04. The van der Waals surface area contributed by atoms with Gasteiger partial charge in [0, 0.05) is 16.6 Å². The molecule has 2 aromatic heterocycles. The van der Waals surface area contributed by atoms with E-state index < -0.39 is 6.10 Å². The molecule has 0 radical (unpaired) electrons. The standard InChI is InChI=1S/C26H25N3O2/c1-18-27-23-8-4-6-10-25(23)28(18)16-21(30)17-29-24-9-5-3-7-20(24)15-26(29)19-11-13-22(31-2)14-12-19/h3-15,21,30H,16-17H2,1-2H3. The maximum absolute atomic E-state index is 11.1. The number of aryl methyl sites for hydroxylation is 1. The summed E-state index contributed by atoms with van der Waals surface area (Å²) in [7, 11) is 1.67. The second-order valence-electron chi connectivity index (χ2n) is 7.84. The lowest BCUT2D eigenvalue weighted by Gasteiger charge is -2.18. The van der Waals surface area contributed by atoms with Gasteiger partial charge in [-0.15, -0.1) is 0 Å². The van der Waals surface area contributed by atoms with Gasteiger partial charge in [-0.2, -0.15) is 0 Å². The van der Waals surface area contributed by atoms with Crippen molar-refractivity contribution < 1.29 is 9.84 Å². The van der Waals surface area contributed by atoms with Crippen molar-refractivity contribution in [3.8, 4) is 17.0 Å². The van der Waals surface area contributed by atoms with E-state index in [-0.39, 0.29) is 0 Å². The van der Waals surface area contributed by atoms with Crippen molar-refractivity contribution in [2.75, 3.05) is 7.11 Å². The summed E-state index contributed by atoms with van der Waals surface area (Å²) < 4.78 is 9.61. The third-order valence-corrected chi connectivity index (χ3v) is 5.83. The number of rotatable bonds is 6. The molecule has 1 unspecified atom stereocenters. The minimum Gasteiger partial charge on any atom is -0.497 e. The highest BCUT2D eigenvalue weighted by atomic mass is 16.5. The second-order valence-corrected chi connectivity index (χ2v) is 7.84. The van der Waals surface area contributed by atoms with Crippen LogP contribution in [0.2, 0.25) is 0 Å². The van der Waals surface area contributed by atoms with E-state index in [0.29, 0.717) is 13.1 Å². The third-order valence-electron chi connectivity index (χ3n) is 5.83. The maximum Gasteiger partial charge on any atom is 0.118 e. The molecule has 31 heavy (non-hydrogen) atoms. The number of para-hydroxylation sites is 3. The van der Waals surface area contributed by atoms with E-state index in [9.17, 15) is 5.11 Å². The highest BCUT2D eigenvalue weighted by Gasteiger charge is 2.16. The van der Waals surface area contributed by atoms with Gasteiger partial charge in [-0.05, 0) is 61.0 Å². The van der Waals surface area contributed by atoms with Crippen LogP contribution in [0.25, 0.3) is 33.2 Å².